The van der Waals surface area contributed by atoms with Crippen LogP contribution in [0.4, 0.5) is 0 Å². The molecule has 2 unspecified atom stereocenters. The summed E-state index contributed by atoms with van der Waals surface area (Å²) < 4.78 is 5.39. The summed E-state index contributed by atoms with van der Waals surface area (Å²) in [6.07, 6.45) is 1.35. The smallest absolute Gasteiger partial charge is 0.123 e. The second kappa shape index (κ2) is 4.69. The van der Waals surface area contributed by atoms with Gasteiger partial charge in [-0.3, -0.25) is 0 Å². The zero-order valence-electron chi connectivity index (χ0n) is 11.3. The van der Waals surface area contributed by atoms with Gasteiger partial charge in [0.25, 0.3) is 0 Å². The maximum absolute atomic E-state index is 5.39. The summed E-state index contributed by atoms with van der Waals surface area (Å²) in [5.74, 6) is 1.81. The number of hydrogen-bond donors (Lipinski definition) is 1. The fourth-order valence-electron chi connectivity index (χ4n) is 2.38. The first kappa shape index (κ1) is 12.4. The average molecular weight is 233 g/mol. The van der Waals surface area contributed by atoms with E-state index in [1.807, 2.05) is 12.1 Å². The molecule has 1 aliphatic rings. The summed E-state index contributed by atoms with van der Waals surface area (Å²) in [5, 5.41) is 3.61. The molecule has 0 bridgehead atoms. The SMILES string of the molecule is COc1ccccc1C(C)NCC1CC1(C)C. The molecule has 1 saturated carbocycles. The van der Waals surface area contributed by atoms with E-state index in [2.05, 4.69) is 38.2 Å². The first-order valence-electron chi connectivity index (χ1n) is 6.41. The summed E-state index contributed by atoms with van der Waals surface area (Å²) in [4.78, 5) is 0. The molecule has 0 amide bonds. The number of hydrogen-bond acceptors (Lipinski definition) is 2. The summed E-state index contributed by atoms with van der Waals surface area (Å²) in [6, 6.07) is 8.58. The Morgan fingerprint density at radius 3 is 2.65 bits per heavy atom. The highest BCUT2D eigenvalue weighted by Gasteiger charge is 2.44. The Morgan fingerprint density at radius 2 is 2.06 bits per heavy atom. The van der Waals surface area contributed by atoms with Crippen LogP contribution in [0.1, 0.15) is 38.8 Å². The monoisotopic (exact) mass is 233 g/mol. The zero-order chi connectivity index (χ0) is 12.5. The van der Waals surface area contributed by atoms with Crippen molar-refractivity contribution in [2.24, 2.45) is 11.3 Å². The Hall–Kier alpha value is -1.02. The van der Waals surface area contributed by atoms with Crippen LogP contribution in [0.25, 0.3) is 0 Å². The predicted molar refractivity (Wildman–Crippen MR) is 71.3 cm³/mol. The van der Waals surface area contributed by atoms with E-state index >= 15 is 0 Å². The third kappa shape index (κ3) is 2.81. The number of rotatable bonds is 5. The van der Waals surface area contributed by atoms with Gasteiger partial charge in [0.15, 0.2) is 0 Å². The van der Waals surface area contributed by atoms with E-state index in [1.54, 1.807) is 7.11 Å². The lowest BCUT2D eigenvalue weighted by Gasteiger charge is -2.17. The second-order valence-corrected chi connectivity index (χ2v) is 5.76. The fourth-order valence-corrected chi connectivity index (χ4v) is 2.38. The third-order valence-electron chi connectivity index (χ3n) is 3.99. The molecule has 2 atom stereocenters. The van der Waals surface area contributed by atoms with Crippen LogP contribution in [0.5, 0.6) is 5.75 Å². The third-order valence-corrected chi connectivity index (χ3v) is 3.99. The van der Waals surface area contributed by atoms with Crippen LogP contribution < -0.4 is 10.1 Å². The van der Waals surface area contributed by atoms with E-state index in [1.165, 1.54) is 12.0 Å². The molecule has 0 aromatic heterocycles. The predicted octanol–water partition coefficient (Wildman–Crippen LogP) is 3.39. The van der Waals surface area contributed by atoms with E-state index in [4.69, 9.17) is 4.74 Å². The second-order valence-electron chi connectivity index (χ2n) is 5.76. The number of para-hydroxylation sites is 1. The standard InChI is InChI=1S/C15H23NO/c1-11(16-10-12-9-15(12,2)3)13-7-5-6-8-14(13)17-4/h5-8,11-12,16H,9-10H2,1-4H3. The summed E-state index contributed by atoms with van der Waals surface area (Å²) >= 11 is 0. The molecule has 0 aliphatic heterocycles. The van der Waals surface area contributed by atoms with Crippen LogP contribution in [0.15, 0.2) is 24.3 Å². The average Bonchev–Trinajstić information content (AvgIpc) is 2.94. The maximum Gasteiger partial charge on any atom is 0.123 e. The van der Waals surface area contributed by atoms with E-state index in [0.29, 0.717) is 11.5 Å². The molecule has 1 fully saturated rings. The Labute approximate surface area is 104 Å². The number of methoxy groups -OCH3 is 1. The Kier molecular flexibility index (Phi) is 3.43. The van der Waals surface area contributed by atoms with E-state index in [9.17, 15) is 0 Å². The molecule has 0 radical (unpaired) electrons. The Morgan fingerprint density at radius 1 is 1.41 bits per heavy atom. The quantitative estimate of drug-likeness (QED) is 0.841. The van der Waals surface area contributed by atoms with Crippen molar-refractivity contribution < 1.29 is 4.74 Å². The molecule has 1 aromatic rings. The van der Waals surface area contributed by atoms with Gasteiger partial charge in [-0.15, -0.1) is 0 Å². The lowest BCUT2D eigenvalue weighted by Crippen LogP contribution is -2.22. The van der Waals surface area contributed by atoms with Gasteiger partial charge in [-0.2, -0.15) is 0 Å². The molecule has 1 N–H and O–H groups in total. The van der Waals surface area contributed by atoms with Gasteiger partial charge in [-0.1, -0.05) is 32.0 Å². The van der Waals surface area contributed by atoms with Gasteiger partial charge >= 0.3 is 0 Å². The van der Waals surface area contributed by atoms with Crippen LogP contribution in [0, 0.1) is 11.3 Å². The minimum atomic E-state index is 0.350. The van der Waals surface area contributed by atoms with Gasteiger partial charge in [0.05, 0.1) is 7.11 Å². The molecule has 0 saturated heterocycles. The number of nitrogens with one attached hydrogen (secondary N) is 1. The van der Waals surface area contributed by atoms with Crippen molar-refractivity contribution in [3.63, 3.8) is 0 Å². The van der Waals surface area contributed by atoms with Crippen LogP contribution in [0.3, 0.4) is 0 Å². The highest BCUT2D eigenvalue weighted by molar-refractivity contribution is 5.35. The summed E-state index contributed by atoms with van der Waals surface area (Å²) in [5.41, 5.74) is 1.79. The number of benzene rings is 1. The van der Waals surface area contributed by atoms with Gasteiger partial charge in [-0.05, 0) is 37.3 Å². The normalized spacial score (nSPS) is 23.2. The van der Waals surface area contributed by atoms with Crippen molar-refractivity contribution in [1.82, 2.24) is 5.32 Å². The largest absolute Gasteiger partial charge is 0.496 e. The van der Waals surface area contributed by atoms with Crippen LogP contribution in [-0.2, 0) is 0 Å². The first-order chi connectivity index (χ1) is 8.04. The Balaban J connectivity index is 1.93. The van der Waals surface area contributed by atoms with Crippen molar-refractivity contribution in [3.8, 4) is 5.75 Å². The van der Waals surface area contributed by atoms with Gasteiger partial charge in [0, 0.05) is 11.6 Å². The van der Waals surface area contributed by atoms with Gasteiger partial charge in [0.2, 0.25) is 0 Å². The van der Waals surface area contributed by atoms with Crippen LogP contribution in [-0.4, -0.2) is 13.7 Å². The molecular weight excluding hydrogens is 210 g/mol. The molecule has 1 aromatic carbocycles. The molecule has 1 aliphatic carbocycles. The van der Waals surface area contributed by atoms with Crippen LogP contribution >= 0.6 is 0 Å². The molecule has 17 heavy (non-hydrogen) atoms. The van der Waals surface area contributed by atoms with Crippen molar-refractivity contribution in [3.05, 3.63) is 29.8 Å². The van der Waals surface area contributed by atoms with Crippen molar-refractivity contribution in [2.75, 3.05) is 13.7 Å². The molecule has 2 nitrogen and oxygen atoms in total. The minimum Gasteiger partial charge on any atom is -0.496 e. The molecule has 94 valence electrons. The lowest BCUT2D eigenvalue weighted by molar-refractivity contribution is 0.399. The molecular formula is C15H23NO. The topological polar surface area (TPSA) is 21.3 Å². The van der Waals surface area contributed by atoms with E-state index in [-0.39, 0.29) is 0 Å². The fraction of sp³-hybridized carbons (Fsp3) is 0.600. The van der Waals surface area contributed by atoms with Crippen molar-refractivity contribution in [2.45, 2.75) is 33.2 Å². The molecule has 0 spiro atoms. The highest BCUT2D eigenvalue weighted by atomic mass is 16.5. The lowest BCUT2D eigenvalue weighted by atomic mass is 10.1. The summed E-state index contributed by atoms with van der Waals surface area (Å²) in [7, 11) is 1.73. The maximum atomic E-state index is 5.39. The van der Waals surface area contributed by atoms with Crippen molar-refractivity contribution in [1.29, 1.82) is 0 Å². The van der Waals surface area contributed by atoms with Gasteiger partial charge in [0.1, 0.15) is 5.75 Å². The first-order valence-corrected chi connectivity index (χ1v) is 6.41. The van der Waals surface area contributed by atoms with E-state index in [0.717, 1.165) is 18.2 Å². The molecule has 2 heteroatoms. The molecule has 2 rings (SSSR count). The summed E-state index contributed by atoms with van der Waals surface area (Å²) in [6.45, 7) is 7.99. The highest BCUT2D eigenvalue weighted by Crippen LogP contribution is 2.51. The van der Waals surface area contributed by atoms with Crippen molar-refractivity contribution >= 4 is 0 Å². The van der Waals surface area contributed by atoms with Crippen LogP contribution in [0.2, 0.25) is 0 Å². The van der Waals surface area contributed by atoms with Gasteiger partial charge in [-0.25, -0.2) is 0 Å². The zero-order valence-corrected chi connectivity index (χ0v) is 11.3. The minimum absolute atomic E-state index is 0.350. The van der Waals surface area contributed by atoms with Gasteiger partial charge < -0.3 is 10.1 Å². The molecule has 0 heterocycles. The Bertz CT molecular complexity index is 386. The number of ether oxygens (including phenoxy) is 1. The van der Waals surface area contributed by atoms with E-state index < -0.39 is 0 Å².